The number of phenols is 1. The maximum absolute atomic E-state index is 9.81. The van der Waals surface area contributed by atoms with Crippen LogP contribution in [0.25, 0.3) is 22.8 Å². The second-order valence-corrected chi connectivity index (χ2v) is 8.99. The number of nitrogens with zero attached hydrogens (tertiary/aromatic N) is 1. The lowest BCUT2D eigenvalue weighted by Gasteiger charge is -2.36. The van der Waals surface area contributed by atoms with Crippen molar-refractivity contribution >= 4 is 22.8 Å². The molecule has 0 atom stereocenters. The standard InChI is InChI=1S/C34H32N2O/c1-7-9-13-28-22-29(17-16-23(28)3)33-25(5)35-34(36(6)31(33)8-2)32(27-14-11-10-12-15-27)24(4)26-18-20-30(37)21-19-26/h7,9-22,35,37H,1-2,4H2,3,5-6H3/b13-9-,34-32+. The minimum absolute atomic E-state index is 0.221. The molecule has 3 aromatic carbocycles. The second kappa shape index (κ2) is 10.9. The van der Waals surface area contributed by atoms with Crippen LogP contribution in [0.5, 0.6) is 5.75 Å². The van der Waals surface area contributed by atoms with Gasteiger partial charge in [0, 0.05) is 23.9 Å². The van der Waals surface area contributed by atoms with Crippen LogP contribution in [0.2, 0.25) is 0 Å². The van der Waals surface area contributed by atoms with Gasteiger partial charge in [0.05, 0.1) is 5.70 Å². The van der Waals surface area contributed by atoms with Crippen molar-refractivity contribution in [3.05, 3.63) is 155 Å². The third-order valence-electron chi connectivity index (χ3n) is 6.55. The lowest BCUT2D eigenvalue weighted by Crippen LogP contribution is -2.34. The van der Waals surface area contributed by atoms with E-state index >= 15 is 0 Å². The minimum atomic E-state index is 0.221. The molecule has 1 aliphatic heterocycles. The van der Waals surface area contributed by atoms with E-state index in [1.54, 1.807) is 18.2 Å². The summed E-state index contributed by atoms with van der Waals surface area (Å²) in [6.45, 7) is 16.5. The van der Waals surface area contributed by atoms with Gasteiger partial charge < -0.3 is 15.3 Å². The van der Waals surface area contributed by atoms with Crippen molar-refractivity contribution in [2.75, 3.05) is 7.05 Å². The summed E-state index contributed by atoms with van der Waals surface area (Å²) in [5.41, 5.74) is 13.3. The van der Waals surface area contributed by atoms with E-state index in [1.807, 2.05) is 43.5 Å². The molecule has 0 aromatic heterocycles. The summed E-state index contributed by atoms with van der Waals surface area (Å²) < 4.78 is 0. The molecule has 0 bridgehead atoms. The molecule has 1 heterocycles. The quantitative estimate of drug-likeness (QED) is 0.276. The molecule has 184 valence electrons. The predicted molar refractivity (Wildman–Crippen MR) is 157 cm³/mol. The van der Waals surface area contributed by atoms with Crippen LogP contribution in [0.4, 0.5) is 0 Å². The Kier molecular flexibility index (Phi) is 7.48. The molecule has 0 aliphatic carbocycles. The third kappa shape index (κ3) is 5.13. The van der Waals surface area contributed by atoms with Crippen molar-refractivity contribution in [3.8, 4) is 5.75 Å². The monoisotopic (exact) mass is 484 g/mol. The highest BCUT2D eigenvalue weighted by Gasteiger charge is 2.28. The lowest BCUT2D eigenvalue weighted by molar-refractivity contribution is 0.475. The number of hydrogen-bond donors (Lipinski definition) is 2. The first-order valence-electron chi connectivity index (χ1n) is 12.2. The Balaban J connectivity index is 1.91. The summed E-state index contributed by atoms with van der Waals surface area (Å²) in [4.78, 5) is 2.09. The number of hydrogen-bond acceptors (Lipinski definition) is 3. The predicted octanol–water partition coefficient (Wildman–Crippen LogP) is 7.92. The van der Waals surface area contributed by atoms with Gasteiger partial charge in [0.2, 0.25) is 0 Å². The number of aromatic hydroxyl groups is 1. The van der Waals surface area contributed by atoms with Gasteiger partial charge in [-0.05, 0) is 65.4 Å². The molecule has 0 saturated carbocycles. The average molecular weight is 485 g/mol. The molecule has 1 aliphatic rings. The highest BCUT2D eigenvalue weighted by atomic mass is 16.3. The number of nitrogens with one attached hydrogen (secondary N) is 1. The Morgan fingerprint density at radius 3 is 2.32 bits per heavy atom. The van der Waals surface area contributed by atoms with Gasteiger partial charge in [-0.1, -0.05) is 92.6 Å². The molecule has 0 fully saturated rings. The van der Waals surface area contributed by atoms with E-state index in [0.717, 1.165) is 56.2 Å². The molecule has 0 radical (unpaired) electrons. The van der Waals surface area contributed by atoms with Crippen molar-refractivity contribution < 1.29 is 5.11 Å². The van der Waals surface area contributed by atoms with Gasteiger partial charge >= 0.3 is 0 Å². The zero-order chi connectivity index (χ0) is 26.5. The van der Waals surface area contributed by atoms with E-state index in [0.29, 0.717) is 0 Å². The molecule has 2 N–H and O–H groups in total. The Labute approximate surface area is 220 Å². The minimum Gasteiger partial charge on any atom is -0.508 e. The van der Waals surface area contributed by atoms with Gasteiger partial charge in [0.25, 0.3) is 0 Å². The van der Waals surface area contributed by atoms with Crippen molar-refractivity contribution in [2.45, 2.75) is 13.8 Å². The van der Waals surface area contributed by atoms with Gasteiger partial charge in [-0.2, -0.15) is 0 Å². The Bertz CT molecular complexity index is 1500. The van der Waals surface area contributed by atoms with Crippen molar-refractivity contribution in [1.29, 1.82) is 0 Å². The van der Waals surface area contributed by atoms with Crippen LogP contribution in [0.15, 0.2) is 128 Å². The average Bonchev–Trinajstić information content (AvgIpc) is 2.91. The van der Waals surface area contributed by atoms with E-state index in [2.05, 4.69) is 85.9 Å². The van der Waals surface area contributed by atoms with Gasteiger partial charge in [-0.3, -0.25) is 0 Å². The van der Waals surface area contributed by atoms with Crippen LogP contribution in [-0.2, 0) is 0 Å². The summed E-state index contributed by atoms with van der Waals surface area (Å²) in [6.07, 6.45) is 5.80. The fourth-order valence-electron chi connectivity index (χ4n) is 4.58. The first-order valence-corrected chi connectivity index (χ1v) is 12.2. The van der Waals surface area contributed by atoms with Crippen LogP contribution in [0.1, 0.15) is 34.7 Å². The molecule has 3 nitrogen and oxygen atoms in total. The second-order valence-electron chi connectivity index (χ2n) is 8.99. The SMILES string of the molecule is C=C=C1C(c2ccc(C)c(/C=C\C=C)c2)=C(C)N/C(=C(/C(=C)c2ccc(O)cc2)c2ccccc2)N1C. The number of rotatable bonds is 6. The number of benzene rings is 3. The van der Waals surface area contributed by atoms with Crippen LogP contribution >= 0.6 is 0 Å². The molecule has 3 aromatic rings. The fraction of sp³-hybridized carbons (Fsp3) is 0.0882. The fourth-order valence-corrected chi connectivity index (χ4v) is 4.58. The number of allylic oxidation sites excluding steroid dienone is 6. The highest BCUT2D eigenvalue weighted by molar-refractivity contribution is 6.05. The van der Waals surface area contributed by atoms with Gasteiger partial charge in [0.15, 0.2) is 0 Å². The van der Waals surface area contributed by atoms with Crippen LogP contribution in [0, 0.1) is 6.92 Å². The molecular formula is C34H32N2O. The normalized spacial score (nSPS) is 14.9. The summed E-state index contributed by atoms with van der Waals surface area (Å²) in [7, 11) is 2.02. The van der Waals surface area contributed by atoms with Gasteiger partial charge in [0.1, 0.15) is 11.6 Å². The maximum Gasteiger partial charge on any atom is 0.119 e. The van der Waals surface area contributed by atoms with Crippen molar-refractivity contribution in [2.24, 2.45) is 0 Å². The number of phenolic OH excluding ortho intramolecular Hbond substituents is 1. The largest absolute Gasteiger partial charge is 0.508 e. The van der Waals surface area contributed by atoms with E-state index < -0.39 is 0 Å². The van der Waals surface area contributed by atoms with E-state index in [1.165, 1.54) is 5.56 Å². The summed E-state index contributed by atoms with van der Waals surface area (Å²) in [5.74, 6) is 1.11. The van der Waals surface area contributed by atoms with Crippen LogP contribution < -0.4 is 5.32 Å². The third-order valence-corrected chi connectivity index (χ3v) is 6.55. The van der Waals surface area contributed by atoms with Crippen molar-refractivity contribution in [3.63, 3.8) is 0 Å². The topological polar surface area (TPSA) is 35.5 Å². The number of aryl methyl sites for hydroxylation is 1. The van der Waals surface area contributed by atoms with Crippen molar-refractivity contribution in [1.82, 2.24) is 10.2 Å². The lowest BCUT2D eigenvalue weighted by atomic mass is 9.90. The summed E-state index contributed by atoms with van der Waals surface area (Å²) >= 11 is 0. The Morgan fingerprint density at radius 1 is 0.973 bits per heavy atom. The molecule has 0 unspecified atom stereocenters. The van der Waals surface area contributed by atoms with Crippen LogP contribution in [-0.4, -0.2) is 17.1 Å². The molecule has 3 heteroatoms. The van der Waals surface area contributed by atoms with E-state index in [9.17, 15) is 5.11 Å². The van der Waals surface area contributed by atoms with E-state index in [4.69, 9.17) is 0 Å². The molecule has 0 amide bonds. The molecular weight excluding hydrogens is 452 g/mol. The molecule has 0 saturated heterocycles. The summed E-state index contributed by atoms with van der Waals surface area (Å²) in [5, 5.41) is 13.5. The van der Waals surface area contributed by atoms with E-state index in [-0.39, 0.29) is 5.75 Å². The maximum atomic E-state index is 9.81. The van der Waals surface area contributed by atoms with Gasteiger partial charge in [-0.15, -0.1) is 5.73 Å². The Hall–Kier alpha value is -4.72. The summed E-state index contributed by atoms with van der Waals surface area (Å²) in [6, 6.07) is 23.8. The smallest absolute Gasteiger partial charge is 0.119 e. The van der Waals surface area contributed by atoms with Gasteiger partial charge in [-0.25, -0.2) is 0 Å². The zero-order valence-electron chi connectivity index (χ0n) is 21.7. The number of likely N-dealkylation sites (N-methyl/N-ethyl adjacent to an activating group) is 1. The molecule has 0 spiro atoms. The molecule has 37 heavy (non-hydrogen) atoms. The highest BCUT2D eigenvalue weighted by Crippen LogP contribution is 2.40. The molecule has 4 rings (SSSR count). The first kappa shape index (κ1) is 25.4. The first-order chi connectivity index (χ1) is 17.8. The zero-order valence-corrected chi connectivity index (χ0v) is 21.7. The Morgan fingerprint density at radius 2 is 1.68 bits per heavy atom. The van der Waals surface area contributed by atoms with Crippen LogP contribution in [0.3, 0.4) is 0 Å².